The smallest absolute Gasteiger partial charge is 0.0730 e. The van der Waals surface area contributed by atoms with E-state index in [1.807, 2.05) is 0 Å². The van der Waals surface area contributed by atoms with Crippen molar-refractivity contribution >= 4 is 0 Å². The Morgan fingerprint density at radius 2 is 2.00 bits per heavy atom. The Kier molecular flexibility index (Phi) is 4.78. The zero-order valence-electron chi connectivity index (χ0n) is 12.4. The second-order valence-corrected chi connectivity index (χ2v) is 6.61. The third-order valence-electron chi connectivity index (χ3n) is 5.46. The highest BCUT2D eigenvalue weighted by Crippen LogP contribution is 2.32. The van der Waals surface area contributed by atoms with Crippen LogP contribution in [0.1, 0.15) is 51.9 Å². The first-order valence-corrected chi connectivity index (χ1v) is 8.47. The minimum absolute atomic E-state index is 0.541. The molecule has 3 fully saturated rings. The number of fused-ring (bicyclic) bond motifs is 1. The van der Waals surface area contributed by atoms with Crippen LogP contribution in [0.5, 0.6) is 0 Å². The summed E-state index contributed by atoms with van der Waals surface area (Å²) in [5.74, 6) is 0.919. The van der Waals surface area contributed by atoms with Crippen LogP contribution in [0, 0.1) is 5.92 Å². The average Bonchev–Trinajstić information content (AvgIpc) is 3.10. The Balaban J connectivity index is 1.60. The number of nitrogens with zero attached hydrogens (tertiary/aromatic N) is 1. The summed E-state index contributed by atoms with van der Waals surface area (Å²) in [7, 11) is 0. The minimum Gasteiger partial charge on any atom is -0.375 e. The van der Waals surface area contributed by atoms with Gasteiger partial charge in [-0.1, -0.05) is 19.8 Å². The first kappa shape index (κ1) is 13.8. The number of likely N-dealkylation sites (N-methyl/N-ethyl adjacent to an activating group) is 1. The average molecular weight is 266 g/mol. The lowest BCUT2D eigenvalue weighted by molar-refractivity contribution is -0.0598. The molecule has 19 heavy (non-hydrogen) atoms. The lowest BCUT2D eigenvalue weighted by Crippen LogP contribution is -2.54. The molecule has 0 radical (unpaired) electrons. The van der Waals surface area contributed by atoms with Crippen LogP contribution >= 0.6 is 0 Å². The predicted octanol–water partition coefficient (Wildman–Crippen LogP) is 2.41. The van der Waals surface area contributed by atoms with Crippen molar-refractivity contribution in [3.05, 3.63) is 0 Å². The van der Waals surface area contributed by atoms with Gasteiger partial charge in [0.15, 0.2) is 0 Å². The molecule has 0 amide bonds. The Hall–Kier alpha value is -0.120. The van der Waals surface area contributed by atoms with Crippen molar-refractivity contribution in [3.8, 4) is 0 Å². The van der Waals surface area contributed by atoms with Gasteiger partial charge >= 0.3 is 0 Å². The monoisotopic (exact) mass is 266 g/mol. The molecular formula is C16H30N2O. The largest absolute Gasteiger partial charge is 0.375 e. The van der Waals surface area contributed by atoms with Gasteiger partial charge < -0.3 is 10.1 Å². The third-order valence-corrected chi connectivity index (χ3v) is 5.46. The molecule has 1 aliphatic heterocycles. The molecule has 3 heteroatoms. The molecule has 0 aromatic rings. The van der Waals surface area contributed by atoms with E-state index < -0.39 is 0 Å². The van der Waals surface area contributed by atoms with Crippen molar-refractivity contribution in [2.24, 2.45) is 5.92 Å². The first-order valence-electron chi connectivity index (χ1n) is 8.47. The number of rotatable bonds is 5. The van der Waals surface area contributed by atoms with Crippen LogP contribution in [0.3, 0.4) is 0 Å². The number of morpholine rings is 1. The van der Waals surface area contributed by atoms with Gasteiger partial charge in [-0.3, -0.25) is 4.90 Å². The van der Waals surface area contributed by atoms with Crippen LogP contribution in [0.4, 0.5) is 0 Å². The molecule has 0 aromatic heterocycles. The standard InChI is InChI=1S/C16H30N2O/c1-2-17-14(13-6-3-4-7-13)12-18-10-11-19-16-9-5-8-15(16)18/h13-17H,2-12H2,1H3. The lowest BCUT2D eigenvalue weighted by Gasteiger charge is -2.40. The zero-order valence-corrected chi connectivity index (χ0v) is 12.4. The molecule has 110 valence electrons. The van der Waals surface area contributed by atoms with E-state index in [1.54, 1.807) is 0 Å². The predicted molar refractivity (Wildman–Crippen MR) is 78.4 cm³/mol. The van der Waals surface area contributed by atoms with Gasteiger partial charge in [-0.15, -0.1) is 0 Å². The zero-order chi connectivity index (χ0) is 13.1. The van der Waals surface area contributed by atoms with Crippen molar-refractivity contribution in [1.29, 1.82) is 0 Å². The van der Waals surface area contributed by atoms with Crippen LogP contribution in [-0.4, -0.2) is 49.3 Å². The quantitative estimate of drug-likeness (QED) is 0.827. The highest BCUT2D eigenvalue weighted by atomic mass is 16.5. The molecule has 0 aromatic carbocycles. The Morgan fingerprint density at radius 1 is 1.16 bits per heavy atom. The SMILES string of the molecule is CCNC(CN1CCOC2CCCC21)C1CCCC1. The second-order valence-electron chi connectivity index (χ2n) is 6.61. The number of nitrogens with one attached hydrogen (secondary N) is 1. The van der Waals surface area contributed by atoms with Crippen LogP contribution in [0.2, 0.25) is 0 Å². The van der Waals surface area contributed by atoms with E-state index in [4.69, 9.17) is 4.74 Å². The third kappa shape index (κ3) is 3.14. The Bertz CT molecular complexity index is 276. The van der Waals surface area contributed by atoms with Gasteiger partial charge in [0.25, 0.3) is 0 Å². The molecule has 1 N–H and O–H groups in total. The van der Waals surface area contributed by atoms with Crippen molar-refractivity contribution in [3.63, 3.8) is 0 Å². The molecule has 1 saturated heterocycles. The van der Waals surface area contributed by atoms with Gasteiger partial charge in [-0.05, 0) is 44.6 Å². The van der Waals surface area contributed by atoms with Crippen LogP contribution in [0.15, 0.2) is 0 Å². The summed E-state index contributed by atoms with van der Waals surface area (Å²) in [5.41, 5.74) is 0. The topological polar surface area (TPSA) is 24.5 Å². The molecule has 2 aliphatic carbocycles. The molecular weight excluding hydrogens is 236 g/mol. The molecule has 1 heterocycles. The van der Waals surface area contributed by atoms with E-state index in [2.05, 4.69) is 17.1 Å². The van der Waals surface area contributed by atoms with E-state index >= 15 is 0 Å². The van der Waals surface area contributed by atoms with Crippen molar-refractivity contribution in [2.75, 3.05) is 26.2 Å². The van der Waals surface area contributed by atoms with E-state index in [0.717, 1.165) is 31.7 Å². The number of hydrogen-bond acceptors (Lipinski definition) is 3. The molecule has 3 aliphatic rings. The van der Waals surface area contributed by atoms with Crippen molar-refractivity contribution < 1.29 is 4.74 Å². The molecule has 3 unspecified atom stereocenters. The van der Waals surface area contributed by atoms with Gasteiger partial charge in [0, 0.05) is 25.2 Å². The summed E-state index contributed by atoms with van der Waals surface area (Å²) in [6.07, 6.45) is 10.3. The highest BCUT2D eigenvalue weighted by molar-refractivity contribution is 4.92. The van der Waals surface area contributed by atoms with Gasteiger partial charge in [0.2, 0.25) is 0 Å². The summed E-state index contributed by atoms with van der Waals surface area (Å²) >= 11 is 0. The molecule has 3 atom stereocenters. The van der Waals surface area contributed by atoms with Crippen molar-refractivity contribution in [2.45, 2.75) is 70.1 Å². The summed E-state index contributed by atoms with van der Waals surface area (Å²) in [4.78, 5) is 2.74. The molecule has 0 spiro atoms. The van der Waals surface area contributed by atoms with E-state index in [9.17, 15) is 0 Å². The van der Waals surface area contributed by atoms with Gasteiger partial charge in [0.05, 0.1) is 12.7 Å². The lowest BCUT2D eigenvalue weighted by atomic mass is 9.96. The van der Waals surface area contributed by atoms with Crippen LogP contribution < -0.4 is 5.32 Å². The van der Waals surface area contributed by atoms with Gasteiger partial charge in [0.1, 0.15) is 0 Å². The molecule has 2 saturated carbocycles. The molecule has 3 rings (SSSR count). The Labute approximate surface area is 118 Å². The maximum Gasteiger partial charge on any atom is 0.0730 e. The molecule has 0 bridgehead atoms. The van der Waals surface area contributed by atoms with Gasteiger partial charge in [-0.2, -0.15) is 0 Å². The minimum atomic E-state index is 0.541. The summed E-state index contributed by atoms with van der Waals surface area (Å²) in [5, 5.41) is 3.77. The fraction of sp³-hybridized carbons (Fsp3) is 1.00. The Morgan fingerprint density at radius 3 is 2.79 bits per heavy atom. The van der Waals surface area contributed by atoms with Crippen molar-refractivity contribution in [1.82, 2.24) is 10.2 Å². The van der Waals surface area contributed by atoms with E-state index in [1.165, 1.54) is 51.5 Å². The van der Waals surface area contributed by atoms with Crippen LogP contribution in [-0.2, 0) is 4.74 Å². The number of ether oxygens (including phenoxy) is 1. The highest BCUT2D eigenvalue weighted by Gasteiger charge is 2.37. The van der Waals surface area contributed by atoms with E-state index in [0.29, 0.717) is 12.1 Å². The fourth-order valence-corrected chi connectivity index (χ4v) is 4.49. The number of hydrogen-bond donors (Lipinski definition) is 1. The summed E-state index contributed by atoms with van der Waals surface area (Å²) in [6, 6.07) is 1.43. The fourth-order valence-electron chi connectivity index (χ4n) is 4.49. The van der Waals surface area contributed by atoms with Gasteiger partial charge in [-0.25, -0.2) is 0 Å². The first-order chi connectivity index (χ1) is 9.38. The summed E-state index contributed by atoms with van der Waals surface area (Å²) in [6.45, 7) is 6.71. The van der Waals surface area contributed by atoms with Crippen LogP contribution in [0.25, 0.3) is 0 Å². The molecule has 3 nitrogen and oxygen atoms in total. The van der Waals surface area contributed by atoms with E-state index in [-0.39, 0.29) is 0 Å². The maximum absolute atomic E-state index is 5.94. The maximum atomic E-state index is 5.94. The summed E-state index contributed by atoms with van der Waals surface area (Å²) < 4.78 is 5.94. The second kappa shape index (κ2) is 6.55. The normalized spacial score (nSPS) is 34.6.